The quantitative estimate of drug-likeness (QED) is 0.501. The van der Waals surface area contributed by atoms with E-state index in [0.29, 0.717) is 6.42 Å². The molecule has 0 heterocycles. The molecule has 142 valence electrons. The Morgan fingerprint density at radius 2 is 1.74 bits per heavy atom. The maximum atomic E-state index is 13.4. The van der Waals surface area contributed by atoms with Gasteiger partial charge in [0.15, 0.2) is 5.78 Å². The SMILES string of the molecule is COC(=O)C[C@H]1CCC[C@H](Sc2ccc(C)cc2)[C@H]1C(=O)c1ccccc1. The van der Waals surface area contributed by atoms with Crippen LogP contribution in [0, 0.1) is 18.8 Å². The fourth-order valence-electron chi connectivity index (χ4n) is 3.87. The van der Waals surface area contributed by atoms with Gasteiger partial charge < -0.3 is 4.74 Å². The Balaban J connectivity index is 1.87. The fraction of sp³-hybridized carbons (Fsp3) is 0.391. The zero-order chi connectivity index (χ0) is 19.2. The van der Waals surface area contributed by atoms with E-state index in [4.69, 9.17) is 4.74 Å². The molecular weight excluding hydrogens is 356 g/mol. The average Bonchev–Trinajstić information content (AvgIpc) is 2.70. The van der Waals surface area contributed by atoms with Crippen molar-refractivity contribution >= 4 is 23.5 Å². The summed E-state index contributed by atoms with van der Waals surface area (Å²) in [6.45, 7) is 2.07. The number of carbonyl (C=O) groups excluding carboxylic acids is 2. The second-order valence-corrected chi connectivity index (χ2v) is 8.51. The van der Waals surface area contributed by atoms with Gasteiger partial charge in [-0.05, 0) is 37.8 Å². The highest BCUT2D eigenvalue weighted by Crippen LogP contribution is 2.43. The van der Waals surface area contributed by atoms with Gasteiger partial charge in [0.2, 0.25) is 0 Å². The summed E-state index contributed by atoms with van der Waals surface area (Å²) in [4.78, 5) is 26.5. The highest BCUT2D eigenvalue weighted by Gasteiger charge is 2.40. The van der Waals surface area contributed by atoms with Gasteiger partial charge in [-0.25, -0.2) is 0 Å². The van der Waals surface area contributed by atoms with Crippen molar-refractivity contribution in [2.75, 3.05) is 7.11 Å². The first-order valence-corrected chi connectivity index (χ1v) is 10.4. The molecule has 1 saturated carbocycles. The highest BCUT2D eigenvalue weighted by molar-refractivity contribution is 8.00. The van der Waals surface area contributed by atoms with E-state index < -0.39 is 0 Å². The standard InChI is InChI=1S/C23H26O3S/c1-16-11-13-19(14-12-16)27-20-10-6-9-18(15-21(24)26-2)22(20)23(25)17-7-4-3-5-8-17/h3-5,7-8,11-14,18,20,22H,6,9-10,15H2,1-2H3/t18-,20+,22+/m1/s1. The average molecular weight is 383 g/mol. The van der Waals surface area contributed by atoms with Crippen LogP contribution < -0.4 is 0 Å². The Morgan fingerprint density at radius 3 is 2.41 bits per heavy atom. The van der Waals surface area contributed by atoms with Crippen LogP contribution in [-0.2, 0) is 9.53 Å². The normalized spacial score (nSPS) is 22.2. The molecule has 4 heteroatoms. The van der Waals surface area contributed by atoms with Crippen molar-refractivity contribution in [2.45, 2.75) is 42.8 Å². The summed E-state index contributed by atoms with van der Waals surface area (Å²) >= 11 is 1.77. The summed E-state index contributed by atoms with van der Waals surface area (Å²) < 4.78 is 4.90. The Bertz CT molecular complexity index is 770. The van der Waals surface area contributed by atoms with Crippen molar-refractivity contribution in [1.82, 2.24) is 0 Å². The molecule has 0 aromatic heterocycles. The molecule has 3 nitrogen and oxygen atoms in total. The van der Waals surface area contributed by atoms with Gasteiger partial charge in [-0.3, -0.25) is 9.59 Å². The number of methoxy groups -OCH3 is 1. The van der Waals surface area contributed by atoms with E-state index in [2.05, 4.69) is 31.2 Å². The number of ether oxygens (including phenoxy) is 1. The van der Waals surface area contributed by atoms with Gasteiger partial charge in [0.05, 0.1) is 7.11 Å². The van der Waals surface area contributed by atoms with E-state index in [1.54, 1.807) is 11.8 Å². The third-order valence-corrected chi connectivity index (χ3v) is 6.67. The first-order chi connectivity index (χ1) is 13.1. The predicted molar refractivity (Wildman–Crippen MR) is 109 cm³/mol. The zero-order valence-corrected chi connectivity index (χ0v) is 16.7. The second-order valence-electron chi connectivity index (χ2n) is 7.20. The van der Waals surface area contributed by atoms with Gasteiger partial charge in [-0.1, -0.05) is 54.4 Å². The highest BCUT2D eigenvalue weighted by atomic mass is 32.2. The molecule has 0 amide bonds. The van der Waals surface area contributed by atoms with Gasteiger partial charge in [-0.15, -0.1) is 11.8 Å². The van der Waals surface area contributed by atoms with Crippen molar-refractivity contribution in [1.29, 1.82) is 0 Å². The molecule has 1 aliphatic carbocycles. The smallest absolute Gasteiger partial charge is 0.305 e. The van der Waals surface area contributed by atoms with E-state index in [-0.39, 0.29) is 28.8 Å². The molecule has 3 rings (SSSR count). The third-order valence-electron chi connectivity index (χ3n) is 5.30. The second kappa shape index (κ2) is 9.23. The van der Waals surface area contributed by atoms with Gasteiger partial charge >= 0.3 is 5.97 Å². The first-order valence-electron chi connectivity index (χ1n) is 9.48. The van der Waals surface area contributed by atoms with Gasteiger partial charge in [0.1, 0.15) is 0 Å². The topological polar surface area (TPSA) is 43.4 Å². The molecule has 3 atom stereocenters. The van der Waals surface area contributed by atoms with Crippen LogP contribution in [-0.4, -0.2) is 24.1 Å². The monoisotopic (exact) mass is 382 g/mol. The molecule has 1 fully saturated rings. The number of rotatable bonds is 6. The van der Waals surface area contributed by atoms with Gasteiger partial charge in [0.25, 0.3) is 0 Å². The van der Waals surface area contributed by atoms with Crippen LogP contribution in [0.1, 0.15) is 41.6 Å². The zero-order valence-electron chi connectivity index (χ0n) is 15.9. The number of benzene rings is 2. The molecule has 0 N–H and O–H groups in total. The van der Waals surface area contributed by atoms with Crippen molar-refractivity contribution < 1.29 is 14.3 Å². The minimum absolute atomic E-state index is 0.0295. The van der Waals surface area contributed by atoms with Crippen molar-refractivity contribution in [3.63, 3.8) is 0 Å². The Kier molecular flexibility index (Phi) is 6.73. The lowest BCUT2D eigenvalue weighted by molar-refractivity contribution is -0.142. The summed E-state index contributed by atoms with van der Waals surface area (Å²) in [6, 6.07) is 17.9. The van der Waals surface area contributed by atoms with E-state index in [1.165, 1.54) is 17.6 Å². The maximum Gasteiger partial charge on any atom is 0.305 e. The third kappa shape index (κ3) is 5.01. The largest absolute Gasteiger partial charge is 0.469 e. The summed E-state index contributed by atoms with van der Waals surface area (Å²) in [5.74, 6) is -0.228. The van der Waals surface area contributed by atoms with Crippen LogP contribution in [0.4, 0.5) is 0 Å². The number of aryl methyl sites for hydroxylation is 1. The molecule has 1 aliphatic rings. The summed E-state index contributed by atoms with van der Waals surface area (Å²) in [6.07, 6.45) is 3.22. The molecule has 0 radical (unpaired) electrons. The van der Waals surface area contributed by atoms with Crippen molar-refractivity contribution in [2.24, 2.45) is 11.8 Å². The lowest BCUT2D eigenvalue weighted by Gasteiger charge is -2.36. The lowest BCUT2D eigenvalue weighted by atomic mass is 9.73. The molecule has 27 heavy (non-hydrogen) atoms. The Labute approximate surface area is 165 Å². The Hall–Kier alpha value is -2.07. The van der Waals surface area contributed by atoms with E-state index >= 15 is 0 Å². The molecule has 2 aromatic rings. The summed E-state index contributed by atoms with van der Waals surface area (Å²) in [7, 11) is 1.41. The van der Waals surface area contributed by atoms with Crippen LogP contribution in [0.5, 0.6) is 0 Å². The summed E-state index contributed by atoms with van der Waals surface area (Å²) in [5.41, 5.74) is 1.96. The molecule has 0 bridgehead atoms. The van der Waals surface area contributed by atoms with E-state index in [9.17, 15) is 9.59 Å². The molecule has 2 aromatic carbocycles. The lowest BCUT2D eigenvalue weighted by Crippen LogP contribution is -2.38. The molecule has 0 spiro atoms. The maximum absolute atomic E-state index is 13.4. The van der Waals surface area contributed by atoms with E-state index in [0.717, 1.165) is 24.8 Å². The predicted octanol–water partition coefficient (Wildman–Crippen LogP) is 5.32. The van der Waals surface area contributed by atoms with Crippen molar-refractivity contribution in [3.05, 3.63) is 65.7 Å². The number of ketones is 1. The molecular formula is C23H26O3S. The first kappa shape index (κ1) is 19.7. The number of Topliss-reactive ketones (excluding diaryl/α,β-unsaturated/α-hetero) is 1. The van der Waals surface area contributed by atoms with Crippen LogP contribution in [0.15, 0.2) is 59.5 Å². The van der Waals surface area contributed by atoms with Gasteiger partial charge in [0, 0.05) is 28.0 Å². The summed E-state index contributed by atoms with van der Waals surface area (Å²) in [5, 5.41) is 0.170. The number of hydrogen-bond acceptors (Lipinski definition) is 4. The van der Waals surface area contributed by atoms with Crippen LogP contribution in [0.25, 0.3) is 0 Å². The van der Waals surface area contributed by atoms with Crippen LogP contribution >= 0.6 is 11.8 Å². The molecule has 0 saturated heterocycles. The number of hydrogen-bond donors (Lipinski definition) is 0. The Morgan fingerprint density at radius 1 is 1.04 bits per heavy atom. The van der Waals surface area contributed by atoms with Crippen molar-refractivity contribution in [3.8, 4) is 0 Å². The number of thioether (sulfide) groups is 1. The minimum atomic E-state index is -0.230. The fourth-order valence-corrected chi connectivity index (χ4v) is 5.29. The van der Waals surface area contributed by atoms with E-state index in [1.807, 2.05) is 30.3 Å². The number of carbonyl (C=O) groups is 2. The molecule has 0 unspecified atom stereocenters. The molecule has 0 aliphatic heterocycles. The number of esters is 1. The van der Waals surface area contributed by atoms with Crippen LogP contribution in [0.3, 0.4) is 0 Å². The van der Waals surface area contributed by atoms with Crippen LogP contribution in [0.2, 0.25) is 0 Å². The minimum Gasteiger partial charge on any atom is -0.469 e. The van der Waals surface area contributed by atoms with Gasteiger partial charge in [-0.2, -0.15) is 0 Å².